The van der Waals surface area contributed by atoms with E-state index >= 15 is 0 Å². The van der Waals surface area contributed by atoms with Gasteiger partial charge in [-0.15, -0.1) is 0 Å². The summed E-state index contributed by atoms with van der Waals surface area (Å²) >= 11 is 0. The third kappa shape index (κ3) is 12.0. The maximum absolute atomic E-state index is 10.5. The number of hydrogen-bond acceptors (Lipinski definition) is 4. The van der Waals surface area contributed by atoms with Gasteiger partial charge in [0, 0.05) is 12.5 Å². The molecule has 0 aliphatic carbocycles. The molecule has 0 aromatic carbocycles. The lowest BCUT2D eigenvalue weighted by atomic mass is 10.0. The van der Waals surface area contributed by atoms with Crippen molar-refractivity contribution in [1.82, 2.24) is 0 Å². The van der Waals surface area contributed by atoms with E-state index in [4.69, 9.17) is 14.9 Å². The minimum atomic E-state index is -1.80. The standard InChI is InChI=1S/C16H26O6/c1-2-3-4-5-6-7-8-11-16(21,12-9-14(17)18)22-13-10-15(19)20/h9-10,12-13,21H,2-8,11H2,1H3,(H,17,18)(H,19,20). The molecular weight excluding hydrogens is 288 g/mol. The molecule has 0 spiro atoms. The fourth-order valence-corrected chi connectivity index (χ4v) is 1.93. The molecule has 6 nitrogen and oxygen atoms in total. The van der Waals surface area contributed by atoms with Gasteiger partial charge in [0.05, 0.1) is 12.3 Å². The summed E-state index contributed by atoms with van der Waals surface area (Å²) in [5.74, 6) is -4.21. The van der Waals surface area contributed by atoms with E-state index in [0.29, 0.717) is 6.42 Å². The molecule has 1 unspecified atom stereocenters. The van der Waals surface area contributed by atoms with Crippen molar-refractivity contribution in [1.29, 1.82) is 0 Å². The summed E-state index contributed by atoms with van der Waals surface area (Å²) < 4.78 is 4.98. The Morgan fingerprint density at radius 3 is 2.05 bits per heavy atom. The molecule has 126 valence electrons. The first-order valence-electron chi connectivity index (χ1n) is 7.61. The molecule has 0 rings (SSSR count). The summed E-state index contributed by atoms with van der Waals surface area (Å²) in [6.07, 6.45) is 11.0. The van der Waals surface area contributed by atoms with Gasteiger partial charge in [-0.3, -0.25) is 0 Å². The van der Waals surface area contributed by atoms with Crippen LogP contribution in [-0.4, -0.2) is 33.0 Å². The van der Waals surface area contributed by atoms with Crippen LogP contribution in [0.3, 0.4) is 0 Å². The van der Waals surface area contributed by atoms with Crippen LogP contribution in [-0.2, 0) is 14.3 Å². The molecule has 0 radical (unpaired) electrons. The average Bonchev–Trinajstić information content (AvgIpc) is 2.44. The Hall–Kier alpha value is -1.82. The summed E-state index contributed by atoms with van der Waals surface area (Å²) in [7, 11) is 0. The van der Waals surface area contributed by atoms with Crippen molar-refractivity contribution in [2.45, 2.75) is 64.1 Å². The van der Waals surface area contributed by atoms with E-state index in [0.717, 1.165) is 43.8 Å². The van der Waals surface area contributed by atoms with Gasteiger partial charge in [0.1, 0.15) is 0 Å². The monoisotopic (exact) mass is 314 g/mol. The molecule has 0 fully saturated rings. The minimum Gasteiger partial charge on any atom is -0.478 e. The Bertz CT molecular complexity index is 388. The molecule has 0 heterocycles. The second-order valence-electron chi connectivity index (χ2n) is 5.15. The van der Waals surface area contributed by atoms with Crippen LogP contribution in [0.2, 0.25) is 0 Å². The number of carbonyl (C=O) groups is 2. The van der Waals surface area contributed by atoms with E-state index in [2.05, 4.69) is 6.92 Å². The lowest BCUT2D eigenvalue weighted by Crippen LogP contribution is -2.28. The summed E-state index contributed by atoms with van der Waals surface area (Å²) in [6, 6.07) is 0. The fraction of sp³-hybridized carbons (Fsp3) is 0.625. The van der Waals surface area contributed by atoms with Gasteiger partial charge in [0.25, 0.3) is 0 Å². The topological polar surface area (TPSA) is 104 Å². The van der Waals surface area contributed by atoms with Crippen molar-refractivity contribution in [2.24, 2.45) is 0 Å². The fourth-order valence-electron chi connectivity index (χ4n) is 1.93. The van der Waals surface area contributed by atoms with Crippen LogP contribution in [0.25, 0.3) is 0 Å². The van der Waals surface area contributed by atoms with Gasteiger partial charge in [-0.1, -0.05) is 45.4 Å². The molecule has 6 heteroatoms. The van der Waals surface area contributed by atoms with E-state index in [1.807, 2.05) is 0 Å². The van der Waals surface area contributed by atoms with Gasteiger partial charge >= 0.3 is 11.9 Å². The van der Waals surface area contributed by atoms with Crippen molar-refractivity contribution in [3.63, 3.8) is 0 Å². The normalized spacial score (nSPS) is 14.3. The molecule has 0 saturated carbocycles. The van der Waals surface area contributed by atoms with Crippen molar-refractivity contribution >= 4 is 11.9 Å². The third-order valence-electron chi connectivity index (χ3n) is 3.11. The largest absolute Gasteiger partial charge is 0.478 e. The Kier molecular flexibility index (Phi) is 10.8. The van der Waals surface area contributed by atoms with Crippen LogP contribution >= 0.6 is 0 Å². The van der Waals surface area contributed by atoms with Crippen LogP contribution < -0.4 is 0 Å². The number of carboxylic acids is 2. The molecule has 1 atom stereocenters. The highest BCUT2D eigenvalue weighted by Crippen LogP contribution is 2.20. The predicted molar refractivity (Wildman–Crippen MR) is 82.2 cm³/mol. The highest BCUT2D eigenvalue weighted by molar-refractivity contribution is 5.80. The van der Waals surface area contributed by atoms with Crippen LogP contribution in [0.15, 0.2) is 24.5 Å². The van der Waals surface area contributed by atoms with Crippen LogP contribution in [0.5, 0.6) is 0 Å². The second kappa shape index (κ2) is 11.8. The first-order valence-corrected chi connectivity index (χ1v) is 7.61. The molecule has 0 bridgehead atoms. The smallest absolute Gasteiger partial charge is 0.331 e. The summed E-state index contributed by atoms with van der Waals surface area (Å²) in [6.45, 7) is 2.15. The van der Waals surface area contributed by atoms with E-state index in [1.165, 1.54) is 19.3 Å². The zero-order valence-corrected chi connectivity index (χ0v) is 13.0. The van der Waals surface area contributed by atoms with Gasteiger partial charge in [-0.25, -0.2) is 9.59 Å². The van der Waals surface area contributed by atoms with Crippen molar-refractivity contribution < 1.29 is 29.6 Å². The molecule has 0 aliphatic heterocycles. The summed E-state index contributed by atoms with van der Waals surface area (Å²) in [4.78, 5) is 20.9. The number of ether oxygens (including phenoxy) is 1. The maximum atomic E-state index is 10.5. The Labute approximate surface area is 131 Å². The van der Waals surface area contributed by atoms with Gasteiger partial charge < -0.3 is 20.1 Å². The highest BCUT2D eigenvalue weighted by Gasteiger charge is 2.24. The number of hydrogen-bond donors (Lipinski definition) is 3. The van der Waals surface area contributed by atoms with Crippen molar-refractivity contribution in [3.8, 4) is 0 Å². The third-order valence-corrected chi connectivity index (χ3v) is 3.11. The molecule has 3 N–H and O–H groups in total. The van der Waals surface area contributed by atoms with Gasteiger partial charge in [-0.05, 0) is 12.5 Å². The van der Waals surface area contributed by atoms with Crippen molar-refractivity contribution in [3.05, 3.63) is 24.5 Å². The summed E-state index contributed by atoms with van der Waals surface area (Å²) in [5, 5.41) is 27.3. The van der Waals surface area contributed by atoms with Crippen LogP contribution in [0.1, 0.15) is 58.3 Å². The summed E-state index contributed by atoms with van der Waals surface area (Å²) in [5.41, 5.74) is 0. The van der Waals surface area contributed by atoms with E-state index in [-0.39, 0.29) is 6.42 Å². The molecule has 0 aromatic rings. The minimum absolute atomic E-state index is 0.203. The Morgan fingerprint density at radius 2 is 1.50 bits per heavy atom. The first kappa shape index (κ1) is 20.2. The first-order chi connectivity index (χ1) is 10.4. The van der Waals surface area contributed by atoms with Gasteiger partial charge in [-0.2, -0.15) is 0 Å². The van der Waals surface area contributed by atoms with Crippen LogP contribution in [0.4, 0.5) is 0 Å². The van der Waals surface area contributed by atoms with Gasteiger partial charge in [0.15, 0.2) is 0 Å². The lowest BCUT2D eigenvalue weighted by molar-refractivity contribution is -0.139. The number of unbranched alkanes of at least 4 members (excludes halogenated alkanes) is 6. The zero-order chi connectivity index (χ0) is 16.8. The SMILES string of the molecule is CCCCCCCCCC(O)(C=CC(=O)O)OC=CC(=O)O. The molecule has 0 saturated heterocycles. The number of carboxylic acid groups (broad SMARTS) is 2. The van der Waals surface area contributed by atoms with Gasteiger partial charge in [0.2, 0.25) is 5.79 Å². The molecule has 22 heavy (non-hydrogen) atoms. The van der Waals surface area contributed by atoms with E-state index in [1.54, 1.807) is 0 Å². The number of aliphatic hydroxyl groups is 1. The molecular formula is C16H26O6. The zero-order valence-electron chi connectivity index (χ0n) is 13.0. The van der Waals surface area contributed by atoms with Crippen molar-refractivity contribution in [2.75, 3.05) is 0 Å². The average molecular weight is 314 g/mol. The lowest BCUT2D eigenvalue weighted by Gasteiger charge is -2.23. The maximum Gasteiger partial charge on any atom is 0.331 e. The molecule has 0 aliphatic rings. The second-order valence-corrected chi connectivity index (χ2v) is 5.15. The molecule has 0 amide bonds. The van der Waals surface area contributed by atoms with Crippen LogP contribution in [0, 0.1) is 0 Å². The Morgan fingerprint density at radius 1 is 0.955 bits per heavy atom. The van der Waals surface area contributed by atoms with E-state index < -0.39 is 17.7 Å². The predicted octanol–water partition coefficient (Wildman–Crippen LogP) is 3.07. The highest BCUT2D eigenvalue weighted by atomic mass is 16.6. The quantitative estimate of drug-likeness (QED) is 0.209. The molecule has 0 aromatic heterocycles. The number of aliphatic carboxylic acids is 2. The Balaban J connectivity index is 4.28. The van der Waals surface area contributed by atoms with E-state index in [9.17, 15) is 14.7 Å². The number of rotatable bonds is 13.